The number of nitrogens with one attached hydrogen (secondary N) is 1. The summed E-state index contributed by atoms with van der Waals surface area (Å²) in [6, 6.07) is 6.44. The fourth-order valence-corrected chi connectivity index (χ4v) is 4.72. The molecule has 0 fully saturated rings. The van der Waals surface area contributed by atoms with Gasteiger partial charge in [0.05, 0.1) is 16.3 Å². The molecule has 1 atom stereocenters. The Morgan fingerprint density at radius 1 is 1.30 bits per heavy atom. The zero-order chi connectivity index (χ0) is 19.1. The van der Waals surface area contributed by atoms with Crippen LogP contribution >= 0.6 is 23.1 Å². The summed E-state index contributed by atoms with van der Waals surface area (Å²) in [5.41, 5.74) is 1.20. The van der Waals surface area contributed by atoms with E-state index in [1.54, 1.807) is 22.8 Å². The number of hydrogen-bond donors (Lipinski definition) is 1. The van der Waals surface area contributed by atoms with Gasteiger partial charge in [-0.1, -0.05) is 23.9 Å². The van der Waals surface area contributed by atoms with Gasteiger partial charge in [0.15, 0.2) is 5.16 Å². The molecule has 0 spiro atoms. The van der Waals surface area contributed by atoms with E-state index in [0.717, 1.165) is 15.3 Å². The molecule has 0 saturated heterocycles. The zero-order valence-corrected chi connectivity index (χ0v) is 16.5. The van der Waals surface area contributed by atoms with E-state index in [9.17, 15) is 9.18 Å². The Hall–Kier alpha value is -2.52. The van der Waals surface area contributed by atoms with Gasteiger partial charge in [-0.15, -0.1) is 21.5 Å². The van der Waals surface area contributed by atoms with Gasteiger partial charge in [0.1, 0.15) is 22.8 Å². The van der Waals surface area contributed by atoms with Crippen LogP contribution in [0.5, 0.6) is 0 Å². The normalized spacial score (nSPS) is 12.6. The minimum Gasteiger partial charge on any atom is -0.309 e. The highest BCUT2D eigenvalue weighted by molar-refractivity contribution is 7.99. The van der Waals surface area contributed by atoms with Gasteiger partial charge >= 0.3 is 0 Å². The number of aryl methyl sites for hydroxylation is 2. The molecular weight excluding hydrogens is 385 g/mol. The number of benzene rings is 1. The molecule has 0 aliphatic heterocycles. The van der Waals surface area contributed by atoms with Crippen LogP contribution in [0.3, 0.4) is 0 Å². The lowest BCUT2D eigenvalue weighted by atomic mass is 10.2. The molecule has 138 valence electrons. The standard InChI is InChI=1S/C18H16FN5OS2/c1-9-10(2)26-17-14(9)16(25)21-15(22-17)11(3)27-18-23-20-8-24(18)13-7-5-4-6-12(13)19/h4-8,11H,1-3H3,(H,21,22,25)/t11-/m1/s1. The van der Waals surface area contributed by atoms with Gasteiger partial charge in [-0.2, -0.15) is 0 Å². The molecule has 0 saturated carbocycles. The Balaban J connectivity index is 1.69. The molecule has 1 N–H and O–H groups in total. The van der Waals surface area contributed by atoms with E-state index < -0.39 is 0 Å². The third-order valence-corrected chi connectivity index (χ3v) is 6.52. The average molecular weight is 401 g/mol. The van der Waals surface area contributed by atoms with Gasteiger partial charge in [0.25, 0.3) is 5.56 Å². The van der Waals surface area contributed by atoms with Crippen molar-refractivity contribution in [2.75, 3.05) is 0 Å². The molecule has 4 aromatic rings. The number of para-hydroxylation sites is 1. The summed E-state index contributed by atoms with van der Waals surface area (Å²) in [6.07, 6.45) is 1.47. The van der Waals surface area contributed by atoms with Crippen LogP contribution in [0.1, 0.15) is 28.4 Å². The van der Waals surface area contributed by atoms with E-state index in [0.29, 0.717) is 22.1 Å². The summed E-state index contributed by atoms with van der Waals surface area (Å²) >= 11 is 2.87. The molecule has 3 heterocycles. The van der Waals surface area contributed by atoms with Crippen molar-refractivity contribution < 1.29 is 4.39 Å². The Morgan fingerprint density at radius 3 is 2.85 bits per heavy atom. The zero-order valence-electron chi connectivity index (χ0n) is 14.9. The first-order chi connectivity index (χ1) is 13.0. The molecular formula is C18H16FN5OS2. The SMILES string of the molecule is Cc1sc2nc([C@@H](C)Sc3nncn3-c3ccccc3F)[nH]c(=O)c2c1C. The highest BCUT2D eigenvalue weighted by Gasteiger charge is 2.19. The molecule has 0 aliphatic rings. The number of H-pyrrole nitrogens is 1. The summed E-state index contributed by atoms with van der Waals surface area (Å²) < 4.78 is 15.7. The van der Waals surface area contributed by atoms with E-state index in [2.05, 4.69) is 20.2 Å². The van der Waals surface area contributed by atoms with Crippen LogP contribution in [-0.2, 0) is 0 Å². The van der Waals surface area contributed by atoms with Crippen molar-refractivity contribution in [3.05, 3.63) is 63.0 Å². The number of thiophene rings is 1. The number of thioether (sulfide) groups is 1. The predicted octanol–water partition coefficient (Wildman–Crippen LogP) is 4.17. The summed E-state index contributed by atoms with van der Waals surface area (Å²) in [5.74, 6) is 0.200. The second kappa shape index (κ2) is 6.90. The smallest absolute Gasteiger partial charge is 0.259 e. The van der Waals surface area contributed by atoms with E-state index in [4.69, 9.17) is 0 Å². The monoisotopic (exact) mass is 401 g/mol. The first-order valence-electron chi connectivity index (χ1n) is 8.27. The van der Waals surface area contributed by atoms with Crippen LogP contribution in [0.2, 0.25) is 0 Å². The van der Waals surface area contributed by atoms with Gasteiger partial charge in [0, 0.05) is 4.88 Å². The van der Waals surface area contributed by atoms with Crippen molar-refractivity contribution >= 4 is 33.3 Å². The van der Waals surface area contributed by atoms with Crippen molar-refractivity contribution in [3.8, 4) is 5.69 Å². The number of nitrogens with zero attached hydrogens (tertiary/aromatic N) is 4. The molecule has 1 aromatic carbocycles. The highest BCUT2D eigenvalue weighted by Crippen LogP contribution is 2.34. The molecule has 6 nitrogen and oxygen atoms in total. The Kier molecular flexibility index (Phi) is 4.56. The van der Waals surface area contributed by atoms with Crippen LogP contribution in [0, 0.1) is 19.7 Å². The fourth-order valence-electron chi connectivity index (χ4n) is 2.79. The van der Waals surface area contributed by atoms with Crippen molar-refractivity contribution in [2.45, 2.75) is 31.2 Å². The molecule has 0 bridgehead atoms. The topological polar surface area (TPSA) is 76.5 Å². The molecule has 27 heavy (non-hydrogen) atoms. The molecule has 4 rings (SSSR count). The molecule has 0 aliphatic carbocycles. The number of hydrogen-bond acceptors (Lipinski definition) is 6. The summed E-state index contributed by atoms with van der Waals surface area (Å²) in [5, 5.41) is 8.97. The van der Waals surface area contributed by atoms with Crippen LogP contribution < -0.4 is 5.56 Å². The van der Waals surface area contributed by atoms with Crippen LogP contribution in [-0.4, -0.2) is 24.7 Å². The van der Waals surface area contributed by atoms with Gasteiger partial charge in [-0.3, -0.25) is 9.36 Å². The van der Waals surface area contributed by atoms with Crippen molar-refractivity contribution in [3.63, 3.8) is 0 Å². The van der Waals surface area contributed by atoms with Gasteiger partial charge in [-0.05, 0) is 38.5 Å². The van der Waals surface area contributed by atoms with Crippen molar-refractivity contribution in [1.82, 2.24) is 24.7 Å². The second-order valence-corrected chi connectivity index (χ2v) is 8.62. The molecule has 0 amide bonds. The lowest BCUT2D eigenvalue weighted by Crippen LogP contribution is -2.12. The Bertz CT molecular complexity index is 1200. The lowest BCUT2D eigenvalue weighted by molar-refractivity contribution is 0.613. The Morgan fingerprint density at radius 2 is 2.07 bits per heavy atom. The number of aromatic nitrogens is 5. The van der Waals surface area contributed by atoms with Gasteiger partial charge in [-0.25, -0.2) is 9.37 Å². The van der Waals surface area contributed by atoms with E-state index in [1.165, 1.54) is 35.5 Å². The second-order valence-electron chi connectivity index (χ2n) is 6.11. The molecule has 3 aromatic heterocycles. The summed E-state index contributed by atoms with van der Waals surface area (Å²) in [6.45, 7) is 5.83. The molecule has 0 unspecified atom stereocenters. The highest BCUT2D eigenvalue weighted by atomic mass is 32.2. The fraction of sp³-hybridized carbons (Fsp3) is 0.222. The van der Waals surface area contributed by atoms with Crippen molar-refractivity contribution in [2.24, 2.45) is 0 Å². The number of rotatable bonds is 4. The first-order valence-corrected chi connectivity index (χ1v) is 9.97. The van der Waals surface area contributed by atoms with Gasteiger partial charge in [0.2, 0.25) is 0 Å². The average Bonchev–Trinajstić information content (AvgIpc) is 3.20. The molecule has 0 radical (unpaired) electrons. The maximum Gasteiger partial charge on any atom is 0.259 e. The van der Waals surface area contributed by atoms with Crippen LogP contribution in [0.25, 0.3) is 15.9 Å². The number of aromatic amines is 1. The third kappa shape index (κ3) is 3.17. The number of fused-ring (bicyclic) bond motifs is 1. The van der Waals surface area contributed by atoms with E-state index in [1.807, 2.05) is 20.8 Å². The molecule has 9 heteroatoms. The maximum absolute atomic E-state index is 14.1. The maximum atomic E-state index is 14.1. The lowest BCUT2D eigenvalue weighted by Gasteiger charge is -2.11. The largest absolute Gasteiger partial charge is 0.309 e. The minimum absolute atomic E-state index is 0.139. The van der Waals surface area contributed by atoms with Crippen LogP contribution in [0.15, 0.2) is 40.5 Å². The van der Waals surface area contributed by atoms with Gasteiger partial charge < -0.3 is 4.98 Å². The minimum atomic E-state index is -0.357. The summed E-state index contributed by atoms with van der Waals surface area (Å²) in [4.78, 5) is 21.8. The quantitative estimate of drug-likeness (QED) is 0.519. The van der Waals surface area contributed by atoms with E-state index >= 15 is 0 Å². The number of halogens is 1. The summed E-state index contributed by atoms with van der Waals surface area (Å²) in [7, 11) is 0. The van der Waals surface area contributed by atoms with Crippen molar-refractivity contribution in [1.29, 1.82) is 0 Å². The first kappa shape index (κ1) is 17.9. The predicted molar refractivity (Wildman–Crippen MR) is 105 cm³/mol. The third-order valence-electron chi connectivity index (χ3n) is 4.35. The Labute approximate surface area is 162 Å². The van der Waals surface area contributed by atoms with E-state index in [-0.39, 0.29) is 16.6 Å². The van der Waals surface area contributed by atoms with Crippen LogP contribution in [0.4, 0.5) is 4.39 Å².